The molecule has 0 aromatic rings. The van der Waals surface area contributed by atoms with E-state index >= 15 is 0 Å². The van der Waals surface area contributed by atoms with Gasteiger partial charge in [0.25, 0.3) is 5.91 Å². The maximum absolute atomic E-state index is 10.7. The third-order valence-corrected chi connectivity index (χ3v) is 1.39. The second-order valence-corrected chi connectivity index (χ2v) is 2.18. The normalized spacial score (nSPS) is 17.2. The third-order valence-electron chi connectivity index (χ3n) is 1.39. The Labute approximate surface area is 67.1 Å². The van der Waals surface area contributed by atoms with Crippen molar-refractivity contribution in [1.82, 2.24) is 5.12 Å². The number of carbonyl (C=O) groups excluding carboxylic acids is 2. The largest absolute Gasteiger partial charge is 0.332 e. The molecule has 0 saturated carbocycles. The minimum Gasteiger partial charge on any atom is -0.271 e. The molecule has 0 spiro atoms. The minimum absolute atomic E-state index is 0.0768. The van der Waals surface area contributed by atoms with Gasteiger partial charge in [-0.3, -0.25) is 9.59 Å². The van der Waals surface area contributed by atoms with Crippen molar-refractivity contribution in [3.05, 3.63) is 4.91 Å². The van der Waals surface area contributed by atoms with Gasteiger partial charge in [0.2, 0.25) is 0 Å². The van der Waals surface area contributed by atoms with Crippen molar-refractivity contribution < 1.29 is 9.59 Å². The molecule has 2 amide bonds. The molecule has 0 aromatic carbocycles. The van der Waals surface area contributed by atoms with Gasteiger partial charge in [-0.1, -0.05) is 0 Å². The van der Waals surface area contributed by atoms with Crippen LogP contribution >= 0.6 is 0 Å². The Balaban J connectivity index is 2.81. The van der Waals surface area contributed by atoms with E-state index in [1.54, 1.807) is 0 Å². The Morgan fingerprint density at radius 1 is 1.58 bits per heavy atom. The number of amides is 2. The topological polar surface area (TPSA) is 105 Å². The van der Waals surface area contributed by atoms with Crippen LogP contribution in [0.3, 0.4) is 0 Å². The molecule has 0 unspecified atom stereocenters. The van der Waals surface area contributed by atoms with Crippen LogP contribution in [0.4, 0.5) is 0 Å². The van der Waals surface area contributed by atoms with Gasteiger partial charge in [0.15, 0.2) is 0 Å². The lowest BCUT2D eigenvalue weighted by molar-refractivity contribution is -0.132. The van der Waals surface area contributed by atoms with E-state index in [1.807, 2.05) is 0 Å². The first kappa shape index (κ1) is 8.47. The maximum Gasteiger partial charge on any atom is 0.332 e. The number of nitrogens with two attached hydrogens (primary N) is 1. The Morgan fingerprint density at radius 2 is 2.25 bits per heavy atom. The van der Waals surface area contributed by atoms with Crippen LogP contribution in [0.15, 0.2) is 10.3 Å². The highest BCUT2D eigenvalue weighted by molar-refractivity contribution is 6.39. The summed E-state index contributed by atoms with van der Waals surface area (Å²) in [5.41, 5.74) is -0.0768. The Morgan fingerprint density at radius 3 is 2.75 bits per heavy atom. The first-order chi connectivity index (χ1) is 5.65. The summed E-state index contributed by atoms with van der Waals surface area (Å²) >= 11 is 0. The van der Waals surface area contributed by atoms with Gasteiger partial charge in [-0.05, 0) is 0 Å². The van der Waals surface area contributed by atoms with Crippen LogP contribution < -0.4 is 5.84 Å². The van der Waals surface area contributed by atoms with E-state index in [0.717, 1.165) is 0 Å². The molecule has 0 bridgehead atoms. The zero-order valence-corrected chi connectivity index (χ0v) is 6.06. The van der Waals surface area contributed by atoms with Crippen molar-refractivity contribution in [2.45, 2.75) is 12.8 Å². The van der Waals surface area contributed by atoms with Gasteiger partial charge in [0, 0.05) is 18.0 Å². The van der Waals surface area contributed by atoms with Crippen LogP contribution in [0, 0.1) is 4.91 Å². The van der Waals surface area contributed by atoms with Crippen LogP contribution in [0.25, 0.3) is 0 Å². The summed E-state index contributed by atoms with van der Waals surface area (Å²) in [5, 5.41) is 6.07. The van der Waals surface area contributed by atoms with Crippen molar-refractivity contribution in [1.29, 1.82) is 0 Å². The average Bonchev–Trinajstić information content (AvgIpc) is 2.08. The first-order valence-corrected chi connectivity index (χ1v) is 3.18. The summed E-state index contributed by atoms with van der Waals surface area (Å²) in [4.78, 5) is 31.1. The van der Waals surface area contributed by atoms with Crippen LogP contribution in [-0.2, 0) is 9.59 Å². The molecule has 7 nitrogen and oxygen atoms in total. The molecule has 64 valence electrons. The fourth-order valence-corrected chi connectivity index (χ4v) is 0.778. The SMILES string of the molecule is NN1N=C(C(=O)N=O)CCC1=O. The standard InChI is InChI=1S/C5H6N4O3/c6-9-4(10)2-1-3(7-9)5(11)8-12/h1-2,6H2. The van der Waals surface area contributed by atoms with E-state index in [9.17, 15) is 14.5 Å². The smallest absolute Gasteiger partial charge is 0.271 e. The second kappa shape index (κ2) is 3.18. The lowest BCUT2D eigenvalue weighted by Crippen LogP contribution is -2.38. The summed E-state index contributed by atoms with van der Waals surface area (Å²) < 4.78 is 0. The van der Waals surface area contributed by atoms with E-state index in [4.69, 9.17) is 5.84 Å². The zero-order valence-electron chi connectivity index (χ0n) is 6.06. The highest BCUT2D eigenvalue weighted by Gasteiger charge is 2.22. The predicted molar refractivity (Wildman–Crippen MR) is 38.5 cm³/mol. The molecule has 1 rings (SSSR count). The molecular formula is C5H6N4O3. The number of hydrazine groups is 1. The van der Waals surface area contributed by atoms with Gasteiger partial charge in [-0.15, -0.1) is 4.91 Å². The number of carbonyl (C=O) groups is 2. The summed E-state index contributed by atoms with van der Waals surface area (Å²) in [6, 6.07) is 0. The van der Waals surface area contributed by atoms with Crippen molar-refractivity contribution in [3.8, 4) is 0 Å². The lowest BCUT2D eigenvalue weighted by Gasteiger charge is -2.15. The van der Waals surface area contributed by atoms with Crippen molar-refractivity contribution in [3.63, 3.8) is 0 Å². The van der Waals surface area contributed by atoms with Crippen LogP contribution in [0.5, 0.6) is 0 Å². The summed E-state index contributed by atoms with van der Waals surface area (Å²) in [6.45, 7) is 0. The van der Waals surface area contributed by atoms with Gasteiger partial charge < -0.3 is 0 Å². The fourth-order valence-electron chi connectivity index (χ4n) is 0.778. The van der Waals surface area contributed by atoms with E-state index in [2.05, 4.69) is 10.3 Å². The molecule has 2 N–H and O–H groups in total. The number of nitroso groups, excluding NO2 is 1. The Bertz CT molecular complexity index is 272. The monoisotopic (exact) mass is 170 g/mol. The molecule has 0 aliphatic carbocycles. The molecule has 0 atom stereocenters. The van der Waals surface area contributed by atoms with Crippen LogP contribution in [-0.4, -0.2) is 22.6 Å². The molecule has 12 heavy (non-hydrogen) atoms. The Kier molecular flexibility index (Phi) is 2.24. The third kappa shape index (κ3) is 1.51. The molecule has 0 aromatic heterocycles. The predicted octanol–water partition coefficient (Wildman–Crippen LogP) is -0.869. The number of hydrogen-bond donors (Lipinski definition) is 1. The molecule has 1 aliphatic rings. The van der Waals surface area contributed by atoms with E-state index in [-0.39, 0.29) is 18.6 Å². The second-order valence-electron chi connectivity index (χ2n) is 2.18. The first-order valence-electron chi connectivity index (χ1n) is 3.18. The Hall–Kier alpha value is -1.63. The van der Waals surface area contributed by atoms with Crippen molar-refractivity contribution in [2.24, 2.45) is 16.1 Å². The highest BCUT2D eigenvalue weighted by atomic mass is 16.3. The maximum atomic E-state index is 10.7. The average molecular weight is 170 g/mol. The molecule has 0 radical (unpaired) electrons. The summed E-state index contributed by atoms with van der Waals surface area (Å²) in [6.07, 6.45) is 0.202. The highest BCUT2D eigenvalue weighted by Crippen LogP contribution is 2.05. The van der Waals surface area contributed by atoms with Crippen molar-refractivity contribution >= 4 is 17.5 Å². The van der Waals surface area contributed by atoms with Crippen molar-refractivity contribution in [2.75, 3.05) is 0 Å². The fraction of sp³-hybridized carbons (Fsp3) is 0.400. The number of hydrazone groups is 1. The van der Waals surface area contributed by atoms with Gasteiger partial charge in [0.1, 0.15) is 5.71 Å². The summed E-state index contributed by atoms with van der Waals surface area (Å²) in [5.74, 6) is 3.70. The van der Waals surface area contributed by atoms with Gasteiger partial charge in [-0.25, -0.2) is 5.84 Å². The molecule has 0 saturated heterocycles. The number of nitrogens with zero attached hydrogens (tertiary/aromatic N) is 3. The molecule has 0 fully saturated rings. The molecule has 7 heteroatoms. The lowest BCUT2D eigenvalue weighted by atomic mass is 10.2. The van der Waals surface area contributed by atoms with Crippen LogP contribution in [0.2, 0.25) is 0 Å². The summed E-state index contributed by atoms with van der Waals surface area (Å²) in [7, 11) is 0. The zero-order chi connectivity index (χ0) is 9.14. The van der Waals surface area contributed by atoms with Gasteiger partial charge in [0.05, 0.1) is 0 Å². The number of hydrogen-bond acceptors (Lipinski definition) is 5. The van der Waals surface area contributed by atoms with Crippen LogP contribution in [0.1, 0.15) is 12.8 Å². The molecule has 1 heterocycles. The molecule has 1 aliphatic heterocycles. The quantitative estimate of drug-likeness (QED) is 0.313. The van der Waals surface area contributed by atoms with Gasteiger partial charge in [-0.2, -0.15) is 10.2 Å². The van der Waals surface area contributed by atoms with E-state index in [1.165, 1.54) is 0 Å². The molecular weight excluding hydrogens is 164 g/mol. The van der Waals surface area contributed by atoms with Gasteiger partial charge >= 0.3 is 5.91 Å². The van der Waals surface area contributed by atoms with E-state index < -0.39 is 11.8 Å². The number of rotatable bonds is 1. The van der Waals surface area contributed by atoms with E-state index in [0.29, 0.717) is 5.12 Å². The minimum atomic E-state index is -0.974.